The fourth-order valence-electron chi connectivity index (χ4n) is 1.97. The molecule has 1 aliphatic rings. The van der Waals surface area contributed by atoms with E-state index in [1.165, 1.54) is 4.90 Å². The zero-order valence-corrected chi connectivity index (χ0v) is 10.1. The summed E-state index contributed by atoms with van der Waals surface area (Å²) in [7, 11) is 0. The van der Waals surface area contributed by atoms with Crippen molar-refractivity contribution in [1.82, 2.24) is 4.90 Å². The molecule has 0 aromatic heterocycles. The monoisotopic (exact) mass is 231 g/mol. The van der Waals surface area contributed by atoms with Crippen molar-refractivity contribution in [2.45, 2.75) is 26.8 Å². The van der Waals surface area contributed by atoms with E-state index in [1.54, 1.807) is 0 Å². The Bertz CT molecular complexity index is 251. The van der Waals surface area contributed by atoms with Gasteiger partial charge < -0.3 is 5.11 Å². The van der Waals surface area contributed by atoms with Crippen LogP contribution in [0.2, 0.25) is 0 Å². The van der Waals surface area contributed by atoms with E-state index in [0.29, 0.717) is 0 Å². The smallest absolute Gasteiger partial charge is 0.289 e. The quantitative estimate of drug-likeness (QED) is 0.793. The number of imide groups is 1. The molecule has 1 rings (SSSR count). The molecular weight excluding hydrogens is 214 g/mol. The molecule has 0 aliphatic carbocycles. The molecule has 4 nitrogen and oxygen atoms in total. The van der Waals surface area contributed by atoms with Crippen LogP contribution in [0.25, 0.3) is 0 Å². The molecule has 1 fully saturated rings. The van der Waals surface area contributed by atoms with Crippen LogP contribution in [0.5, 0.6) is 0 Å². The molecular formula is C10H17NO3S. The Morgan fingerprint density at radius 2 is 2.00 bits per heavy atom. The lowest BCUT2D eigenvalue weighted by Gasteiger charge is -2.32. The van der Waals surface area contributed by atoms with Crippen molar-refractivity contribution in [2.24, 2.45) is 11.8 Å². The predicted octanol–water partition coefficient (Wildman–Crippen LogP) is 1.33. The SMILES string of the molecule is CC(C)[C@@H]([C@@H](C)CO)N1C(=O)CSC1=O. The molecule has 2 atom stereocenters. The van der Waals surface area contributed by atoms with E-state index in [2.05, 4.69) is 0 Å². The van der Waals surface area contributed by atoms with Crippen LogP contribution in [-0.2, 0) is 4.79 Å². The second-order valence-corrected chi connectivity index (χ2v) is 5.14. The third-order valence-electron chi connectivity index (χ3n) is 2.64. The minimum absolute atomic E-state index is 0.00935. The highest BCUT2D eigenvalue weighted by Gasteiger charge is 2.39. The lowest BCUT2D eigenvalue weighted by molar-refractivity contribution is -0.128. The third kappa shape index (κ3) is 2.52. The molecule has 5 heteroatoms. The number of aliphatic hydroxyl groups is 1. The summed E-state index contributed by atoms with van der Waals surface area (Å²) in [6.45, 7) is 5.76. The summed E-state index contributed by atoms with van der Waals surface area (Å²) < 4.78 is 0. The van der Waals surface area contributed by atoms with Crippen LogP contribution in [0.4, 0.5) is 4.79 Å². The van der Waals surface area contributed by atoms with E-state index in [0.717, 1.165) is 11.8 Å². The molecule has 86 valence electrons. The van der Waals surface area contributed by atoms with Gasteiger partial charge in [0, 0.05) is 18.6 Å². The van der Waals surface area contributed by atoms with E-state index in [1.807, 2.05) is 20.8 Å². The standard InChI is InChI=1S/C10H17NO3S/c1-6(2)9(7(3)4-12)11-8(13)5-15-10(11)14/h6-7,9,12H,4-5H2,1-3H3/t7-,9-/m0/s1. The third-order valence-corrected chi connectivity index (χ3v) is 3.47. The minimum Gasteiger partial charge on any atom is -0.396 e. The van der Waals surface area contributed by atoms with Crippen molar-refractivity contribution in [3.63, 3.8) is 0 Å². The average molecular weight is 231 g/mol. The predicted molar refractivity (Wildman–Crippen MR) is 59.6 cm³/mol. The number of carbonyl (C=O) groups excluding carboxylic acids is 2. The van der Waals surface area contributed by atoms with E-state index in [-0.39, 0.29) is 41.4 Å². The van der Waals surface area contributed by atoms with Crippen LogP contribution in [0, 0.1) is 11.8 Å². The molecule has 0 unspecified atom stereocenters. The highest BCUT2D eigenvalue weighted by atomic mass is 32.2. The number of amides is 2. The fourth-order valence-corrected chi connectivity index (χ4v) is 2.72. The van der Waals surface area contributed by atoms with Gasteiger partial charge in [0.15, 0.2) is 0 Å². The summed E-state index contributed by atoms with van der Waals surface area (Å²) in [5.41, 5.74) is 0. The van der Waals surface area contributed by atoms with Crippen LogP contribution in [0.1, 0.15) is 20.8 Å². The summed E-state index contributed by atoms with van der Waals surface area (Å²) >= 11 is 1.04. The summed E-state index contributed by atoms with van der Waals surface area (Å²) in [5, 5.41) is 8.95. The second-order valence-electron chi connectivity index (χ2n) is 4.21. The zero-order chi connectivity index (χ0) is 11.6. The van der Waals surface area contributed by atoms with Crippen LogP contribution >= 0.6 is 11.8 Å². The van der Waals surface area contributed by atoms with Gasteiger partial charge in [0.1, 0.15) is 0 Å². The first-order valence-corrected chi connectivity index (χ1v) is 6.07. The lowest BCUT2D eigenvalue weighted by atomic mass is 9.91. The molecule has 15 heavy (non-hydrogen) atoms. The largest absolute Gasteiger partial charge is 0.396 e. The highest BCUT2D eigenvalue weighted by molar-refractivity contribution is 8.14. The van der Waals surface area contributed by atoms with E-state index >= 15 is 0 Å². The maximum atomic E-state index is 11.6. The van der Waals surface area contributed by atoms with E-state index < -0.39 is 0 Å². The maximum absolute atomic E-state index is 11.6. The highest BCUT2D eigenvalue weighted by Crippen LogP contribution is 2.28. The molecule has 2 amide bonds. The van der Waals surface area contributed by atoms with Crippen molar-refractivity contribution >= 4 is 22.9 Å². The fraction of sp³-hybridized carbons (Fsp3) is 0.800. The van der Waals surface area contributed by atoms with E-state index in [9.17, 15) is 9.59 Å². The van der Waals surface area contributed by atoms with Gasteiger partial charge in [-0.15, -0.1) is 0 Å². The molecule has 1 N–H and O–H groups in total. The van der Waals surface area contributed by atoms with Gasteiger partial charge >= 0.3 is 0 Å². The van der Waals surface area contributed by atoms with E-state index in [4.69, 9.17) is 5.11 Å². The molecule has 0 aromatic carbocycles. The van der Waals surface area contributed by atoms with Crippen LogP contribution in [0.3, 0.4) is 0 Å². The van der Waals surface area contributed by atoms with Crippen molar-refractivity contribution in [2.75, 3.05) is 12.4 Å². The number of thioether (sulfide) groups is 1. The van der Waals surface area contributed by atoms with Crippen LogP contribution in [0.15, 0.2) is 0 Å². The van der Waals surface area contributed by atoms with Crippen molar-refractivity contribution in [3.05, 3.63) is 0 Å². The van der Waals surface area contributed by atoms with Gasteiger partial charge in [-0.1, -0.05) is 32.5 Å². The molecule has 0 aromatic rings. The number of hydrogen-bond acceptors (Lipinski definition) is 4. The Morgan fingerprint density at radius 3 is 2.33 bits per heavy atom. The molecule has 1 saturated heterocycles. The summed E-state index contributed by atoms with van der Waals surface area (Å²) in [6, 6.07) is -0.190. The molecule has 1 aliphatic heterocycles. The number of aliphatic hydroxyl groups excluding tert-OH is 1. The Hall–Kier alpha value is -0.550. The summed E-state index contributed by atoms with van der Waals surface area (Å²) in [4.78, 5) is 24.4. The van der Waals surface area contributed by atoms with Crippen LogP contribution < -0.4 is 0 Å². The molecule has 0 saturated carbocycles. The topological polar surface area (TPSA) is 57.6 Å². The maximum Gasteiger partial charge on any atom is 0.289 e. The number of carbonyl (C=O) groups is 2. The Balaban J connectivity index is 2.88. The summed E-state index contributed by atoms with van der Waals surface area (Å²) in [6.07, 6.45) is 0. The van der Waals surface area contributed by atoms with Crippen molar-refractivity contribution in [3.8, 4) is 0 Å². The number of rotatable bonds is 4. The molecule has 0 bridgehead atoms. The van der Waals surface area contributed by atoms with Gasteiger partial charge in [-0.25, -0.2) is 0 Å². The van der Waals surface area contributed by atoms with Gasteiger partial charge in [-0.2, -0.15) is 0 Å². The zero-order valence-electron chi connectivity index (χ0n) is 9.27. The number of nitrogens with zero attached hydrogens (tertiary/aromatic N) is 1. The molecule has 1 heterocycles. The number of hydrogen-bond donors (Lipinski definition) is 1. The van der Waals surface area contributed by atoms with Gasteiger partial charge in [0.25, 0.3) is 5.24 Å². The van der Waals surface area contributed by atoms with Gasteiger partial charge in [0.2, 0.25) is 5.91 Å². The van der Waals surface area contributed by atoms with Crippen molar-refractivity contribution in [1.29, 1.82) is 0 Å². The van der Waals surface area contributed by atoms with Gasteiger partial charge in [-0.3, -0.25) is 14.5 Å². The first-order valence-electron chi connectivity index (χ1n) is 5.08. The minimum atomic E-state index is -0.190. The Labute approximate surface area is 94.0 Å². The molecule has 0 radical (unpaired) electrons. The first kappa shape index (κ1) is 12.5. The summed E-state index contributed by atoms with van der Waals surface area (Å²) in [5.74, 6) is 0.194. The van der Waals surface area contributed by atoms with Gasteiger partial charge in [-0.05, 0) is 5.92 Å². The normalized spacial score (nSPS) is 21.3. The lowest BCUT2D eigenvalue weighted by Crippen LogP contribution is -2.47. The average Bonchev–Trinajstić information content (AvgIpc) is 2.49. The first-order chi connectivity index (χ1) is 6.99. The molecule has 0 spiro atoms. The van der Waals surface area contributed by atoms with Crippen molar-refractivity contribution < 1.29 is 14.7 Å². The Kier molecular flexibility index (Phi) is 4.16. The Morgan fingerprint density at radius 1 is 1.40 bits per heavy atom. The van der Waals surface area contributed by atoms with Gasteiger partial charge in [0.05, 0.1) is 5.75 Å². The van der Waals surface area contributed by atoms with Crippen LogP contribution in [-0.4, -0.2) is 39.6 Å². The second kappa shape index (κ2) is 4.99.